The number of ether oxygens (including phenoxy) is 1. The van der Waals surface area contributed by atoms with E-state index in [4.69, 9.17) is 4.74 Å². The van der Waals surface area contributed by atoms with Gasteiger partial charge in [0, 0.05) is 5.56 Å². The quantitative estimate of drug-likeness (QED) is 0.537. The van der Waals surface area contributed by atoms with E-state index >= 15 is 0 Å². The van der Waals surface area contributed by atoms with Gasteiger partial charge in [0.1, 0.15) is 5.75 Å². The number of hydrogen-bond donors (Lipinski definition) is 0. The Morgan fingerprint density at radius 3 is 3.00 bits per heavy atom. The normalized spacial score (nSPS) is 9.79. The maximum absolute atomic E-state index is 9.79. The topological polar surface area (TPSA) is 38.7 Å². The van der Waals surface area contributed by atoms with Crippen molar-refractivity contribution in [2.24, 2.45) is 4.99 Å². The average Bonchev–Trinajstić information content (AvgIpc) is 2.25. The Balaban J connectivity index is 2.74. The van der Waals surface area contributed by atoms with Crippen LogP contribution in [0.25, 0.3) is 6.08 Å². The van der Waals surface area contributed by atoms with E-state index in [-0.39, 0.29) is 0 Å². The van der Waals surface area contributed by atoms with Crippen molar-refractivity contribution in [1.82, 2.24) is 0 Å². The molecule has 72 valence electrons. The molecule has 1 aromatic carbocycles. The van der Waals surface area contributed by atoms with Gasteiger partial charge in [-0.3, -0.25) is 0 Å². The number of para-hydroxylation sites is 1. The van der Waals surface area contributed by atoms with Crippen molar-refractivity contribution >= 4 is 12.2 Å². The summed E-state index contributed by atoms with van der Waals surface area (Å²) in [6, 6.07) is 7.63. The monoisotopic (exact) mass is 189 g/mol. The number of rotatable bonds is 4. The van der Waals surface area contributed by atoms with E-state index in [1.807, 2.05) is 30.3 Å². The minimum atomic E-state index is 0.349. The van der Waals surface area contributed by atoms with Gasteiger partial charge in [-0.2, -0.15) is 0 Å². The third kappa shape index (κ3) is 2.88. The van der Waals surface area contributed by atoms with Crippen LogP contribution < -0.4 is 4.74 Å². The van der Waals surface area contributed by atoms with Crippen LogP contribution in [0, 0.1) is 0 Å². The van der Waals surface area contributed by atoms with Gasteiger partial charge < -0.3 is 4.74 Å². The number of isocyanates is 1. The number of nitrogens with zero attached hydrogens (tertiary/aromatic N) is 1. The molecule has 0 bridgehead atoms. The first-order chi connectivity index (χ1) is 6.88. The molecular formula is C11H11NO2. The lowest BCUT2D eigenvalue weighted by atomic mass is 10.2. The van der Waals surface area contributed by atoms with Gasteiger partial charge in [-0.25, -0.2) is 9.79 Å². The number of aliphatic imine (C=N–C) groups is 1. The molecule has 0 spiro atoms. The number of benzene rings is 1. The molecule has 0 unspecified atom stereocenters. The Labute approximate surface area is 82.7 Å². The van der Waals surface area contributed by atoms with Crippen LogP contribution in [-0.4, -0.2) is 19.7 Å². The first kappa shape index (κ1) is 10.2. The summed E-state index contributed by atoms with van der Waals surface area (Å²) in [4.78, 5) is 13.2. The van der Waals surface area contributed by atoms with Crippen molar-refractivity contribution in [2.75, 3.05) is 13.7 Å². The van der Waals surface area contributed by atoms with Crippen molar-refractivity contribution in [3.05, 3.63) is 35.9 Å². The molecular weight excluding hydrogens is 178 g/mol. The lowest BCUT2D eigenvalue weighted by Crippen LogP contribution is -1.85. The largest absolute Gasteiger partial charge is 0.496 e. The fourth-order valence-electron chi connectivity index (χ4n) is 1.07. The Bertz CT molecular complexity index is 365. The van der Waals surface area contributed by atoms with Crippen molar-refractivity contribution in [3.8, 4) is 5.75 Å². The predicted molar refractivity (Wildman–Crippen MR) is 55.0 cm³/mol. The fraction of sp³-hybridized carbons (Fsp3) is 0.182. The molecule has 3 heteroatoms. The Hall–Kier alpha value is -1.86. The molecule has 0 aliphatic rings. The van der Waals surface area contributed by atoms with Gasteiger partial charge in [0.15, 0.2) is 0 Å². The number of methoxy groups -OCH3 is 1. The van der Waals surface area contributed by atoms with Gasteiger partial charge >= 0.3 is 0 Å². The fourth-order valence-corrected chi connectivity index (χ4v) is 1.07. The first-order valence-corrected chi connectivity index (χ1v) is 4.21. The van der Waals surface area contributed by atoms with Crippen molar-refractivity contribution in [1.29, 1.82) is 0 Å². The smallest absolute Gasteiger partial charge is 0.235 e. The summed E-state index contributed by atoms with van der Waals surface area (Å²) in [7, 11) is 1.62. The highest BCUT2D eigenvalue weighted by Gasteiger charge is 1.95. The second-order valence-electron chi connectivity index (χ2n) is 2.58. The third-order valence-electron chi connectivity index (χ3n) is 1.70. The molecule has 0 aromatic heterocycles. The van der Waals surface area contributed by atoms with Crippen LogP contribution >= 0.6 is 0 Å². The molecule has 0 radical (unpaired) electrons. The van der Waals surface area contributed by atoms with Gasteiger partial charge in [0.25, 0.3) is 0 Å². The van der Waals surface area contributed by atoms with Crippen LogP contribution in [0.2, 0.25) is 0 Å². The number of hydrogen-bond acceptors (Lipinski definition) is 3. The Morgan fingerprint density at radius 1 is 1.50 bits per heavy atom. The molecule has 0 saturated heterocycles. The van der Waals surface area contributed by atoms with Crippen molar-refractivity contribution < 1.29 is 9.53 Å². The summed E-state index contributed by atoms with van der Waals surface area (Å²) in [5.41, 5.74) is 0.969. The standard InChI is InChI=1S/C11H11NO2/c1-14-11-7-3-2-5-10(11)6-4-8-12-9-13/h2-7H,8H2,1H3/b6-4-. The molecule has 0 fully saturated rings. The van der Waals surface area contributed by atoms with Gasteiger partial charge in [-0.1, -0.05) is 30.4 Å². The van der Waals surface area contributed by atoms with Gasteiger partial charge in [0.2, 0.25) is 6.08 Å². The summed E-state index contributed by atoms with van der Waals surface area (Å²) in [5.74, 6) is 0.804. The van der Waals surface area contributed by atoms with E-state index in [9.17, 15) is 4.79 Å². The summed E-state index contributed by atoms with van der Waals surface area (Å²) < 4.78 is 5.14. The SMILES string of the molecule is COc1ccccc1/C=C\CN=C=O. The molecule has 0 amide bonds. The molecule has 0 aliphatic carbocycles. The molecule has 14 heavy (non-hydrogen) atoms. The van der Waals surface area contributed by atoms with Crippen LogP contribution in [0.3, 0.4) is 0 Å². The Kier molecular flexibility index (Phi) is 4.18. The zero-order valence-corrected chi connectivity index (χ0v) is 7.93. The van der Waals surface area contributed by atoms with E-state index in [1.165, 1.54) is 6.08 Å². The van der Waals surface area contributed by atoms with E-state index < -0.39 is 0 Å². The van der Waals surface area contributed by atoms with E-state index in [0.717, 1.165) is 11.3 Å². The van der Waals surface area contributed by atoms with Crippen LogP contribution in [0.5, 0.6) is 5.75 Å². The van der Waals surface area contributed by atoms with Crippen molar-refractivity contribution in [3.63, 3.8) is 0 Å². The zero-order valence-electron chi connectivity index (χ0n) is 7.93. The molecule has 1 aromatic rings. The van der Waals surface area contributed by atoms with E-state index in [1.54, 1.807) is 13.2 Å². The minimum absolute atomic E-state index is 0.349. The molecule has 0 saturated carbocycles. The third-order valence-corrected chi connectivity index (χ3v) is 1.70. The van der Waals surface area contributed by atoms with Crippen LogP contribution in [0.15, 0.2) is 35.3 Å². The minimum Gasteiger partial charge on any atom is -0.496 e. The van der Waals surface area contributed by atoms with Gasteiger partial charge in [-0.15, -0.1) is 0 Å². The highest BCUT2D eigenvalue weighted by atomic mass is 16.5. The second-order valence-corrected chi connectivity index (χ2v) is 2.58. The summed E-state index contributed by atoms with van der Waals surface area (Å²) >= 11 is 0. The number of carbonyl (C=O) groups excluding carboxylic acids is 1. The highest BCUT2D eigenvalue weighted by molar-refractivity contribution is 5.57. The second kappa shape index (κ2) is 5.73. The Morgan fingerprint density at radius 2 is 2.29 bits per heavy atom. The summed E-state index contributed by atoms with van der Waals surface area (Å²) in [6.07, 6.45) is 5.12. The maximum Gasteiger partial charge on any atom is 0.235 e. The molecule has 0 aliphatic heterocycles. The lowest BCUT2D eigenvalue weighted by molar-refractivity contribution is 0.414. The van der Waals surface area contributed by atoms with Gasteiger partial charge in [0.05, 0.1) is 13.7 Å². The van der Waals surface area contributed by atoms with Crippen LogP contribution in [0.4, 0.5) is 0 Å². The average molecular weight is 189 g/mol. The van der Waals surface area contributed by atoms with E-state index in [2.05, 4.69) is 4.99 Å². The van der Waals surface area contributed by atoms with Gasteiger partial charge in [-0.05, 0) is 6.07 Å². The summed E-state index contributed by atoms with van der Waals surface area (Å²) in [6.45, 7) is 0.349. The highest BCUT2D eigenvalue weighted by Crippen LogP contribution is 2.18. The maximum atomic E-state index is 9.79. The molecule has 0 N–H and O–H groups in total. The first-order valence-electron chi connectivity index (χ1n) is 4.21. The van der Waals surface area contributed by atoms with Crippen LogP contribution in [-0.2, 0) is 4.79 Å². The molecule has 1 rings (SSSR count). The summed E-state index contributed by atoms with van der Waals surface area (Å²) in [5, 5.41) is 0. The molecule has 0 heterocycles. The van der Waals surface area contributed by atoms with E-state index in [0.29, 0.717) is 6.54 Å². The predicted octanol–water partition coefficient (Wildman–Crippen LogP) is 2.04. The zero-order chi connectivity index (χ0) is 10.2. The van der Waals surface area contributed by atoms with Crippen molar-refractivity contribution in [2.45, 2.75) is 0 Å². The molecule has 0 atom stereocenters. The molecule has 3 nitrogen and oxygen atoms in total. The lowest BCUT2D eigenvalue weighted by Gasteiger charge is -2.02. The van der Waals surface area contributed by atoms with Crippen LogP contribution in [0.1, 0.15) is 5.56 Å².